The molecular formula is C22H22F2N2O2Si. The third-order valence-corrected chi connectivity index (χ3v) is 5.62. The molecule has 0 spiro atoms. The molecule has 1 aliphatic carbocycles. The highest BCUT2D eigenvalue weighted by atomic mass is 28.3. The summed E-state index contributed by atoms with van der Waals surface area (Å²) in [7, 11) is -1.68. The van der Waals surface area contributed by atoms with E-state index in [2.05, 4.69) is 36.1 Å². The fourth-order valence-electron chi connectivity index (χ4n) is 3.08. The minimum atomic E-state index is -1.68. The van der Waals surface area contributed by atoms with Crippen molar-refractivity contribution < 1.29 is 13.7 Å². The first-order chi connectivity index (χ1) is 13.6. The molecule has 1 fully saturated rings. The van der Waals surface area contributed by atoms with Gasteiger partial charge in [-0.25, -0.2) is 8.78 Å². The summed E-state index contributed by atoms with van der Waals surface area (Å²) in [6, 6.07) is 8.76. The summed E-state index contributed by atoms with van der Waals surface area (Å²) < 4.78 is 28.5. The molecule has 7 heteroatoms. The zero-order valence-corrected chi connectivity index (χ0v) is 17.6. The molecule has 1 unspecified atom stereocenters. The third kappa shape index (κ3) is 4.95. The van der Waals surface area contributed by atoms with Crippen molar-refractivity contribution in [1.82, 2.24) is 0 Å². The topological polar surface area (TPSA) is 55.5 Å². The average molecular weight is 413 g/mol. The summed E-state index contributed by atoms with van der Waals surface area (Å²) in [5.41, 5.74) is 3.10. The molecule has 29 heavy (non-hydrogen) atoms. The second kappa shape index (κ2) is 7.88. The molecule has 0 heterocycles. The van der Waals surface area contributed by atoms with E-state index in [4.69, 9.17) is 0 Å². The van der Waals surface area contributed by atoms with E-state index in [9.17, 15) is 18.9 Å². The normalized spacial score (nSPS) is 16.2. The number of aliphatic imine (C=N–C) groups is 1. The molecule has 2 aromatic carbocycles. The number of nitro groups is 1. The van der Waals surface area contributed by atoms with Crippen molar-refractivity contribution in [3.8, 4) is 11.5 Å². The van der Waals surface area contributed by atoms with Gasteiger partial charge < -0.3 is 0 Å². The molecule has 0 saturated heterocycles. The molecule has 0 aromatic heterocycles. The summed E-state index contributed by atoms with van der Waals surface area (Å²) >= 11 is 0. The van der Waals surface area contributed by atoms with Crippen LogP contribution >= 0.6 is 0 Å². The van der Waals surface area contributed by atoms with Gasteiger partial charge in [0.15, 0.2) is 0 Å². The van der Waals surface area contributed by atoms with Crippen molar-refractivity contribution in [1.29, 1.82) is 0 Å². The second-order valence-corrected chi connectivity index (χ2v) is 13.1. The lowest BCUT2D eigenvalue weighted by Gasteiger charge is -2.21. The molecule has 1 aliphatic rings. The lowest BCUT2D eigenvalue weighted by atomic mass is 9.90. The molecule has 2 aromatic rings. The Morgan fingerprint density at radius 2 is 1.90 bits per heavy atom. The van der Waals surface area contributed by atoms with Crippen molar-refractivity contribution >= 4 is 20.0 Å². The largest absolute Gasteiger partial charge is 0.282 e. The first-order valence-electron chi connectivity index (χ1n) is 9.37. The molecule has 0 bridgehead atoms. The van der Waals surface area contributed by atoms with Gasteiger partial charge in [-0.1, -0.05) is 31.8 Å². The van der Waals surface area contributed by atoms with Gasteiger partial charge in [-0.3, -0.25) is 15.1 Å². The van der Waals surface area contributed by atoms with E-state index in [1.807, 2.05) is 0 Å². The SMILES string of the molecule is C[Si](C)(C)C#CC1(C(N=Cc2ccccc2[N+](=O)[O-])c2cc(F)ccc2F)CC1. The number of halogens is 2. The highest BCUT2D eigenvalue weighted by Gasteiger charge is 2.50. The number of nitrogens with zero attached hydrogens (tertiary/aromatic N) is 2. The van der Waals surface area contributed by atoms with E-state index < -0.39 is 36.1 Å². The molecule has 0 radical (unpaired) electrons. The number of nitro benzene ring substituents is 1. The summed E-state index contributed by atoms with van der Waals surface area (Å²) in [5.74, 6) is 2.19. The summed E-state index contributed by atoms with van der Waals surface area (Å²) in [4.78, 5) is 15.3. The number of hydrogen-bond donors (Lipinski definition) is 0. The van der Waals surface area contributed by atoms with Crippen molar-refractivity contribution in [3.05, 3.63) is 75.3 Å². The maximum absolute atomic E-state index is 14.6. The van der Waals surface area contributed by atoms with Gasteiger partial charge in [-0.2, -0.15) is 0 Å². The van der Waals surface area contributed by atoms with Gasteiger partial charge in [0.25, 0.3) is 5.69 Å². The first-order valence-corrected chi connectivity index (χ1v) is 12.9. The van der Waals surface area contributed by atoms with Gasteiger partial charge >= 0.3 is 0 Å². The van der Waals surface area contributed by atoms with Crippen LogP contribution in [0.1, 0.15) is 30.0 Å². The molecule has 1 atom stereocenters. The van der Waals surface area contributed by atoms with Crippen LogP contribution in [0.25, 0.3) is 0 Å². The molecular weight excluding hydrogens is 390 g/mol. The van der Waals surface area contributed by atoms with Crippen molar-refractivity contribution in [2.24, 2.45) is 10.4 Å². The molecule has 0 amide bonds. The Morgan fingerprint density at radius 3 is 2.52 bits per heavy atom. The van der Waals surface area contributed by atoms with Gasteiger partial charge in [0, 0.05) is 17.8 Å². The van der Waals surface area contributed by atoms with Crippen molar-refractivity contribution in [2.75, 3.05) is 0 Å². The van der Waals surface area contributed by atoms with E-state index in [0.717, 1.165) is 31.0 Å². The van der Waals surface area contributed by atoms with Crippen LogP contribution in [-0.4, -0.2) is 19.2 Å². The maximum atomic E-state index is 14.6. The monoisotopic (exact) mass is 412 g/mol. The number of para-hydroxylation sites is 1. The second-order valence-electron chi connectivity index (χ2n) is 8.32. The smallest absolute Gasteiger partial charge is 0.278 e. The maximum Gasteiger partial charge on any atom is 0.278 e. The van der Waals surface area contributed by atoms with E-state index in [1.165, 1.54) is 12.3 Å². The zero-order chi connectivity index (χ0) is 21.2. The van der Waals surface area contributed by atoms with Crippen molar-refractivity contribution in [3.63, 3.8) is 0 Å². The average Bonchev–Trinajstić information content (AvgIpc) is 3.44. The quantitative estimate of drug-likeness (QED) is 0.208. The summed E-state index contributed by atoms with van der Waals surface area (Å²) in [6.45, 7) is 6.35. The van der Waals surface area contributed by atoms with Gasteiger partial charge in [-0.05, 0) is 37.1 Å². The van der Waals surface area contributed by atoms with Gasteiger partial charge in [0.1, 0.15) is 19.7 Å². The molecule has 3 rings (SSSR count). The van der Waals surface area contributed by atoms with Crippen LogP contribution in [0.15, 0.2) is 47.5 Å². The molecule has 4 nitrogen and oxygen atoms in total. The van der Waals surface area contributed by atoms with Gasteiger partial charge in [0.05, 0.1) is 21.9 Å². The van der Waals surface area contributed by atoms with Gasteiger partial charge in [0.2, 0.25) is 0 Å². The lowest BCUT2D eigenvalue weighted by Crippen LogP contribution is -2.19. The van der Waals surface area contributed by atoms with Crippen LogP contribution in [0, 0.1) is 38.6 Å². The summed E-state index contributed by atoms with van der Waals surface area (Å²) in [5, 5.41) is 11.3. The Morgan fingerprint density at radius 1 is 1.21 bits per heavy atom. The van der Waals surface area contributed by atoms with Crippen LogP contribution < -0.4 is 0 Å². The number of rotatable bonds is 5. The Bertz CT molecular complexity index is 1030. The van der Waals surface area contributed by atoms with Crippen LogP contribution in [0.3, 0.4) is 0 Å². The standard InChI is InChI=1S/C22H22F2N2O2Si/c1-29(2,3)13-12-22(10-11-22)21(18-14-17(23)8-9-19(18)24)25-15-16-6-4-5-7-20(16)26(27)28/h4-9,14-15,21H,10-11H2,1-3H3. The van der Waals surface area contributed by atoms with Crippen LogP contribution in [0.4, 0.5) is 14.5 Å². The summed E-state index contributed by atoms with van der Waals surface area (Å²) in [6.07, 6.45) is 2.82. The van der Waals surface area contributed by atoms with Crippen LogP contribution in [0.2, 0.25) is 19.6 Å². The predicted octanol–water partition coefficient (Wildman–Crippen LogP) is 5.69. The molecule has 0 aliphatic heterocycles. The van der Waals surface area contributed by atoms with E-state index in [0.29, 0.717) is 5.56 Å². The number of benzene rings is 2. The Kier molecular flexibility index (Phi) is 5.67. The van der Waals surface area contributed by atoms with Crippen molar-refractivity contribution in [2.45, 2.75) is 38.5 Å². The van der Waals surface area contributed by atoms with E-state index in [1.54, 1.807) is 18.2 Å². The van der Waals surface area contributed by atoms with Gasteiger partial charge in [-0.15, -0.1) is 11.5 Å². The Hall–Kier alpha value is -2.85. The van der Waals surface area contributed by atoms with E-state index in [-0.39, 0.29) is 11.3 Å². The Labute approximate surface area is 169 Å². The lowest BCUT2D eigenvalue weighted by molar-refractivity contribution is -0.385. The predicted molar refractivity (Wildman–Crippen MR) is 113 cm³/mol. The minimum absolute atomic E-state index is 0.0901. The zero-order valence-electron chi connectivity index (χ0n) is 16.6. The highest BCUT2D eigenvalue weighted by Crippen LogP contribution is 2.56. The number of hydrogen-bond acceptors (Lipinski definition) is 3. The Balaban J connectivity index is 2.09. The van der Waals surface area contributed by atoms with E-state index >= 15 is 0 Å². The van der Waals surface area contributed by atoms with Crippen LogP contribution in [0.5, 0.6) is 0 Å². The molecule has 1 saturated carbocycles. The fraction of sp³-hybridized carbons (Fsp3) is 0.318. The van der Waals surface area contributed by atoms with Crippen LogP contribution in [-0.2, 0) is 0 Å². The first kappa shape index (κ1) is 20.9. The minimum Gasteiger partial charge on any atom is -0.282 e. The fourth-order valence-corrected chi connectivity index (χ4v) is 3.70. The highest BCUT2D eigenvalue weighted by molar-refractivity contribution is 6.83. The molecule has 0 N–H and O–H groups in total. The molecule has 150 valence electrons. The third-order valence-electron chi connectivity index (χ3n) is 4.75.